The number of rotatable bonds is 8. The number of nitrogens with zero attached hydrogens (tertiary/aromatic N) is 5. The molecule has 12 heteroatoms. The van der Waals surface area contributed by atoms with Gasteiger partial charge in [-0.3, -0.25) is 29.5 Å². The number of para-hydroxylation sites is 2. The number of benzene rings is 1. The third-order valence-corrected chi connectivity index (χ3v) is 9.25. The van der Waals surface area contributed by atoms with E-state index in [1.807, 2.05) is 6.07 Å². The zero-order valence-electron chi connectivity index (χ0n) is 23.3. The van der Waals surface area contributed by atoms with Gasteiger partial charge in [0.15, 0.2) is 0 Å². The van der Waals surface area contributed by atoms with Crippen LogP contribution in [0.2, 0.25) is 0 Å². The Balaban J connectivity index is 0.00000220. The van der Waals surface area contributed by atoms with E-state index in [0.29, 0.717) is 62.7 Å². The van der Waals surface area contributed by atoms with Crippen molar-refractivity contribution < 1.29 is 19.2 Å². The number of likely N-dealkylation sites (tertiary alicyclic amines) is 1. The third kappa shape index (κ3) is 7.01. The molecule has 0 radical (unpaired) electrons. The van der Waals surface area contributed by atoms with Gasteiger partial charge in [-0.1, -0.05) is 12.1 Å². The lowest BCUT2D eigenvalue weighted by atomic mass is 9.69. The Labute approximate surface area is 249 Å². The Morgan fingerprint density at radius 1 is 1.02 bits per heavy atom. The zero-order valence-corrected chi connectivity index (χ0v) is 25.0. The van der Waals surface area contributed by atoms with Gasteiger partial charge in [-0.2, -0.15) is 0 Å². The van der Waals surface area contributed by atoms with Crippen molar-refractivity contribution in [2.24, 2.45) is 11.8 Å². The summed E-state index contributed by atoms with van der Waals surface area (Å²) in [5, 5.41) is 11.5. The summed E-state index contributed by atoms with van der Waals surface area (Å²) < 4.78 is 4.87. The fourth-order valence-corrected chi connectivity index (χ4v) is 7.52. The number of nitro benzene ring substituents is 1. The lowest BCUT2D eigenvalue weighted by Crippen LogP contribution is -2.66. The number of amides is 1. The van der Waals surface area contributed by atoms with Gasteiger partial charge < -0.3 is 14.5 Å². The van der Waals surface area contributed by atoms with Crippen LogP contribution in [0.15, 0.2) is 24.3 Å². The van der Waals surface area contributed by atoms with Gasteiger partial charge >= 0.3 is 5.97 Å². The smallest absolute Gasteiger partial charge is 0.305 e. The first-order valence-corrected chi connectivity index (χ1v) is 14.3. The van der Waals surface area contributed by atoms with Crippen LogP contribution in [-0.4, -0.2) is 103 Å². The molecule has 0 aromatic heterocycles. The molecule has 0 N–H and O–H groups in total. The summed E-state index contributed by atoms with van der Waals surface area (Å²) in [6.45, 7) is 6.24. The molecule has 0 bridgehead atoms. The summed E-state index contributed by atoms with van der Waals surface area (Å²) >= 11 is 0. The lowest BCUT2D eigenvalue weighted by Gasteiger charge is -2.57. The van der Waals surface area contributed by atoms with E-state index < -0.39 is 0 Å². The minimum Gasteiger partial charge on any atom is -0.469 e. The maximum atomic E-state index is 13.8. The SMILES string of the molecule is COC(=O)CCCC1C2CCCN3CCCC(CN1C(=O)CN1CCN(c4ccccc4[N+](=O)[O-])CC1)C23.Cl.Cl. The molecule has 0 saturated carbocycles. The normalized spacial score (nSPS) is 26.6. The van der Waals surface area contributed by atoms with Crippen LogP contribution in [0.1, 0.15) is 44.9 Å². The van der Waals surface area contributed by atoms with Crippen LogP contribution in [0, 0.1) is 22.0 Å². The van der Waals surface area contributed by atoms with Crippen LogP contribution < -0.4 is 4.90 Å². The standard InChI is InChI=1S/C28H41N5O5.2ClH/c1-38-27(35)12-4-11-23-22-8-6-14-31-13-5-7-21(28(22)31)19-32(23)26(34)20-29-15-17-30(18-16-29)24-9-2-3-10-25(24)33(36)37;;/h2-3,9-10,21-23,28H,4-8,11-20H2,1H3;2*1H. The maximum absolute atomic E-state index is 13.8. The highest BCUT2D eigenvalue weighted by Gasteiger charge is 2.49. The molecule has 4 unspecified atom stereocenters. The highest BCUT2D eigenvalue weighted by atomic mass is 35.5. The number of hydrogen-bond acceptors (Lipinski definition) is 8. The molecule has 4 aliphatic heterocycles. The first-order chi connectivity index (χ1) is 18.5. The number of methoxy groups -OCH3 is 1. The van der Waals surface area contributed by atoms with Gasteiger partial charge in [-0.05, 0) is 69.5 Å². The van der Waals surface area contributed by atoms with E-state index in [9.17, 15) is 19.7 Å². The summed E-state index contributed by atoms with van der Waals surface area (Å²) in [7, 11) is 1.43. The topological polar surface area (TPSA) is 99.5 Å². The van der Waals surface area contributed by atoms with Crippen LogP contribution in [-0.2, 0) is 14.3 Å². The van der Waals surface area contributed by atoms with Crippen LogP contribution in [0.25, 0.3) is 0 Å². The number of carbonyl (C=O) groups excluding carboxylic acids is 2. The Kier molecular flexibility index (Phi) is 11.9. The van der Waals surface area contributed by atoms with E-state index in [4.69, 9.17) is 4.74 Å². The molecule has 1 amide bonds. The van der Waals surface area contributed by atoms with E-state index in [1.54, 1.807) is 18.2 Å². The summed E-state index contributed by atoms with van der Waals surface area (Å²) in [6.07, 6.45) is 6.70. The molecule has 10 nitrogen and oxygen atoms in total. The summed E-state index contributed by atoms with van der Waals surface area (Å²) in [5.41, 5.74) is 0.777. The van der Waals surface area contributed by atoms with Crippen molar-refractivity contribution in [2.45, 2.75) is 57.0 Å². The molecule has 4 heterocycles. The molecule has 4 atom stereocenters. The van der Waals surface area contributed by atoms with Crippen molar-refractivity contribution in [1.29, 1.82) is 0 Å². The van der Waals surface area contributed by atoms with Gasteiger partial charge in [0, 0.05) is 57.3 Å². The number of halogens is 2. The molecule has 224 valence electrons. The predicted octanol–water partition coefficient (Wildman–Crippen LogP) is 3.61. The minimum absolute atomic E-state index is 0. The summed E-state index contributed by atoms with van der Waals surface area (Å²) in [5.74, 6) is 1.01. The van der Waals surface area contributed by atoms with Gasteiger partial charge in [0.2, 0.25) is 5.91 Å². The monoisotopic (exact) mass is 599 g/mol. The van der Waals surface area contributed by atoms with Gasteiger partial charge in [0.25, 0.3) is 5.69 Å². The van der Waals surface area contributed by atoms with E-state index in [0.717, 1.165) is 25.8 Å². The van der Waals surface area contributed by atoms with E-state index in [1.165, 1.54) is 39.5 Å². The fraction of sp³-hybridized carbons (Fsp3) is 0.714. The van der Waals surface area contributed by atoms with Gasteiger partial charge in [-0.25, -0.2) is 0 Å². The Bertz CT molecular complexity index is 1020. The second-order valence-electron chi connectivity index (χ2n) is 11.3. The Morgan fingerprint density at radius 2 is 1.73 bits per heavy atom. The van der Waals surface area contributed by atoms with E-state index in [-0.39, 0.29) is 53.3 Å². The third-order valence-electron chi connectivity index (χ3n) is 9.25. The van der Waals surface area contributed by atoms with Crippen molar-refractivity contribution in [3.63, 3.8) is 0 Å². The highest BCUT2D eigenvalue weighted by molar-refractivity contribution is 5.85. The zero-order chi connectivity index (χ0) is 26.6. The largest absolute Gasteiger partial charge is 0.469 e. The second-order valence-corrected chi connectivity index (χ2v) is 11.3. The van der Waals surface area contributed by atoms with Gasteiger partial charge in [0.1, 0.15) is 5.69 Å². The van der Waals surface area contributed by atoms with Crippen LogP contribution in [0.3, 0.4) is 0 Å². The predicted molar refractivity (Wildman–Crippen MR) is 158 cm³/mol. The van der Waals surface area contributed by atoms with Crippen molar-refractivity contribution in [2.75, 3.05) is 64.4 Å². The highest BCUT2D eigenvalue weighted by Crippen LogP contribution is 2.43. The van der Waals surface area contributed by atoms with Crippen LogP contribution >= 0.6 is 24.8 Å². The number of piperidine rings is 3. The molecule has 40 heavy (non-hydrogen) atoms. The van der Waals surface area contributed by atoms with Crippen LogP contribution in [0.4, 0.5) is 11.4 Å². The quantitative estimate of drug-likeness (QED) is 0.254. The average Bonchev–Trinajstić information content (AvgIpc) is 2.94. The molecule has 4 saturated heterocycles. The van der Waals surface area contributed by atoms with Gasteiger partial charge in [-0.15, -0.1) is 24.8 Å². The number of carbonyl (C=O) groups is 2. The molecule has 4 aliphatic rings. The molecule has 5 rings (SSSR count). The molecular weight excluding hydrogens is 557 g/mol. The number of hydrogen-bond donors (Lipinski definition) is 0. The van der Waals surface area contributed by atoms with Crippen molar-refractivity contribution >= 4 is 48.1 Å². The second kappa shape index (κ2) is 14.7. The van der Waals surface area contributed by atoms with Crippen molar-refractivity contribution in [3.05, 3.63) is 34.4 Å². The van der Waals surface area contributed by atoms with Crippen molar-refractivity contribution in [3.8, 4) is 0 Å². The molecule has 1 aromatic carbocycles. The van der Waals surface area contributed by atoms with E-state index in [2.05, 4.69) is 19.6 Å². The van der Waals surface area contributed by atoms with E-state index >= 15 is 0 Å². The van der Waals surface area contributed by atoms with Crippen LogP contribution in [0.5, 0.6) is 0 Å². The molecule has 4 fully saturated rings. The fourth-order valence-electron chi connectivity index (χ4n) is 7.52. The number of ether oxygens (including phenoxy) is 1. The number of piperazine rings is 1. The minimum atomic E-state index is -0.327. The molecular formula is C28H43Cl2N5O5. The Morgan fingerprint density at radius 3 is 2.42 bits per heavy atom. The number of anilines is 1. The Hall–Kier alpha value is -2.14. The molecule has 0 spiro atoms. The number of esters is 1. The average molecular weight is 601 g/mol. The molecule has 0 aliphatic carbocycles. The van der Waals surface area contributed by atoms with Crippen molar-refractivity contribution in [1.82, 2.24) is 14.7 Å². The first-order valence-electron chi connectivity index (χ1n) is 14.3. The summed E-state index contributed by atoms with van der Waals surface area (Å²) in [4.78, 5) is 45.9. The first kappa shape index (κ1) is 32.4. The summed E-state index contributed by atoms with van der Waals surface area (Å²) in [6, 6.07) is 7.61. The number of nitro groups is 1. The maximum Gasteiger partial charge on any atom is 0.305 e. The van der Waals surface area contributed by atoms with Gasteiger partial charge in [0.05, 0.1) is 18.6 Å². The lowest BCUT2D eigenvalue weighted by molar-refractivity contribution is -0.384. The molecule has 1 aromatic rings.